The van der Waals surface area contributed by atoms with Crippen LogP contribution in [0.25, 0.3) is 11.4 Å². The Balaban J connectivity index is 1.45. The number of nitrogens with zero attached hydrogens (tertiary/aromatic N) is 4. The number of benzene rings is 2. The molecular formula is C29H28N6O4. The number of ether oxygens (including phenoxy) is 3. The van der Waals surface area contributed by atoms with Gasteiger partial charge >= 0.3 is 0 Å². The van der Waals surface area contributed by atoms with Crippen molar-refractivity contribution >= 4 is 17.5 Å². The normalized spacial score (nSPS) is 16.1. The minimum absolute atomic E-state index is 0.284. The molecule has 10 heteroatoms. The number of anilines is 2. The highest BCUT2D eigenvalue weighted by molar-refractivity contribution is 6.06. The van der Waals surface area contributed by atoms with Gasteiger partial charge in [0, 0.05) is 30.1 Å². The zero-order valence-corrected chi connectivity index (χ0v) is 21.7. The number of hydrogen-bond donors (Lipinski definition) is 2. The van der Waals surface area contributed by atoms with E-state index in [1.165, 1.54) is 0 Å². The molecule has 4 heterocycles. The second-order valence-electron chi connectivity index (χ2n) is 9.15. The van der Waals surface area contributed by atoms with Crippen LogP contribution in [0.3, 0.4) is 0 Å². The lowest BCUT2D eigenvalue weighted by molar-refractivity contribution is -0.113. The Morgan fingerprint density at radius 3 is 2.79 bits per heavy atom. The average Bonchev–Trinajstić information content (AvgIpc) is 3.23. The minimum Gasteiger partial charge on any atom is -0.492 e. The third kappa shape index (κ3) is 4.76. The van der Waals surface area contributed by atoms with Gasteiger partial charge in [-0.25, -0.2) is 4.68 Å². The molecule has 4 aromatic rings. The molecule has 1 atom stereocenters. The second-order valence-corrected chi connectivity index (χ2v) is 9.15. The number of amides is 1. The predicted molar refractivity (Wildman–Crippen MR) is 146 cm³/mol. The van der Waals surface area contributed by atoms with Crippen molar-refractivity contribution in [2.24, 2.45) is 0 Å². The van der Waals surface area contributed by atoms with Crippen LogP contribution in [0.2, 0.25) is 0 Å². The predicted octanol–water partition coefficient (Wildman–Crippen LogP) is 4.83. The lowest BCUT2D eigenvalue weighted by Crippen LogP contribution is -2.31. The Morgan fingerprint density at radius 2 is 1.97 bits per heavy atom. The van der Waals surface area contributed by atoms with Gasteiger partial charge in [0.25, 0.3) is 5.91 Å². The Labute approximate surface area is 225 Å². The third-order valence-electron chi connectivity index (χ3n) is 6.54. The zero-order valence-electron chi connectivity index (χ0n) is 21.7. The Kier molecular flexibility index (Phi) is 6.58. The molecule has 0 saturated heterocycles. The molecule has 2 N–H and O–H groups in total. The molecule has 39 heavy (non-hydrogen) atoms. The lowest BCUT2D eigenvalue weighted by Gasteiger charge is -2.29. The molecule has 1 unspecified atom stereocenters. The van der Waals surface area contributed by atoms with E-state index >= 15 is 0 Å². The number of rotatable bonds is 6. The molecule has 0 radical (unpaired) electrons. The maximum atomic E-state index is 14.0. The molecule has 2 aliphatic rings. The lowest BCUT2D eigenvalue weighted by atomic mass is 9.94. The van der Waals surface area contributed by atoms with E-state index in [9.17, 15) is 4.79 Å². The van der Waals surface area contributed by atoms with E-state index in [1.807, 2.05) is 68.4 Å². The molecule has 198 valence electrons. The highest BCUT2D eigenvalue weighted by atomic mass is 16.5. The standard InChI is InChI=1S/C29H28N6O4/c1-3-37-22-10-5-4-9-21(22)32-28(36)25-18(2)31-29-33-27(20-8-6-13-30-17-20)34-35(29)26(25)19-11-12-23-24(16-19)39-15-7-14-38-23/h4-6,8-13,16-17,26H,3,7,14-15H2,1-2H3,(H,32,36)(H,31,33,34). The first-order valence-corrected chi connectivity index (χ1v) is 12.9. The molecule has 10 nitrogen and oxygen atoms in total. The summed E-state index contributed by atoms with van der Waals surface area (Å²) in [4.78, 5) is 22.9. The molecule has 0 spiro atoms. The number of aromatic nitrogens is 4. The van der Waals surface area contributed by atoms with Gasteiger partial charge in [0.2, 0.25) is 5.95 Å². The van der Waals surface area contributed by atoms with Crippen LogP contribution >= 0.6 is 0 Å². The van der Waals surface area contributed by atoms with E-state index in [0.29, 0.717) is 65.8 Å². The summed E-state index contributed by atoms with van der Waals surface area (Å²) in [6.45, 7) is 5.39. The number of pyridine rings is 1. The quantitative estimate of drug-likeness (QED) is 0.369. The van der Waals surface area contributed by atoms with Gasteiger partial charge in [0.15, 0.2) is 17.3 Å². The number of nitrogens with one attached hydrogen (secondary N) is 2. The molecule has 0 fully saturated rings. The van der Waals surface area contributed by atoms with Crippen molar-refractivity contribution in [1.29, 1.82) is 0 Å². The van der Waals surface area contributed by atoms with Gasteiger partial charge in [-0.2, -0.15) is 4.98 Å². The summed E-state index contributed by atoms with van der Waals surface area (Å²) in [7, 11) is 0. The summed E-state index contributed by atoms with van der Waals surface area (Å²) in [5.74, 6) is 2.65. The monoisotopic (exact) mass is 524 g/mol. The van der Waals surface area contributed by atoms with E-state index in [0.717, 1.165) is 17.5 Å². The van der Waals surface area contributed by atoms with Gasteiger partial charge in [-0.15, -0.1) is 5.10 Å². The number of hydrogen-bond acceptors (Lipinski definition) is 8. The van der Waals surface area contributed by atoms with Crippen LogP contribution in [0, 0.1) is 0 Å². The number of fused-ring (bicyclic) bond motifs is 2. The van der Waals surface area contributed by atoms with E-state index < -0.39 is 6.04 Å². The molecule has 6 rings (SSSR count). The number of allylic oxidation sites excluding steroid dienone is 1. The van der Waals surface area contributed by atoms with Crippen molar-refractivity contribution in [2.75, 3.05) is 30.5 Å². The summed E-state index contributed by atoms with van der Waals surface area (Å²) in [6.07, 6.45) is 4.21. The van der Waals surface area contributed by atoms with Gasteiger partial charge in [0.05, 0.1) is 31.1 Å². The summed E-state index contributed by atoms with van der Waals surface area (Å²) in [6, 6.07) is 16.3. The van der Waals surface area contributed by atoms with Crippen LogP contribution in [-0.2, 0) is 4.79 Å². The summed E-state index contributed by atoms with van der Waals surface area (Å²) >= 11 is 0. The first kappa shape index (κ1) is 24.5. The first-order valence-electron chi connectivity index (χ1n) is 12.9. The molecule has 0 bridgehead atoms. The number of para-hydroxylation sites is 2. The zero-order chi connectivity index (χ0) is 26.8. The van der Waals surface area contributed by atoms with Crippen molar-refractivity contribution in [3.05, 3.63) is 83.8 Å². The molecule has 2 aliphatic heterocycles. The van der Waals surface area contributed by atoms with Gasteiger partial charge < -0.3 is 24.8 Å². The fraction of sp³-hybridized carbons (Fsp3) is 0.241. The Morgan fingerprint density at radius 1 is 1.13 bits per heavy atom. The van der Waals surface area contributed by atoms with Crippen molar-refractivity contribution in [2.45, 2.75) is 26.3 Å². The molecule has 0 aliphatic carbocycles. The molecular weight excluding hydrogens is 496 g/mol. The van der Waals surface area contributed by atoms with E-state index in [1.54, 1.807) is 17.1 Å². The average molecular weight is 525 g/mol. The van der Waals surface area contributed by atoms with Crippen LogP contribution in [0.1, 0.15) is 31.9 Å². The molecule has 1 amide bonds. The van der Waals surface area contributed by atoms with Crippen molar-refractivity contribution in [3.8, 4) is 28.6 Å². The van der Waals surface area contributed by atoms with Crippen LogP contribution in [0.4, 0.5) is 11.6 Å². The largest absolute Gasteiger partial charge is 0.492 e. The van der Waals surface area contributed by atoms with Crippen LogP contribution in [-0.4, -0.2) is 45.5 Å². The van der Waals surface area contributed by atoms with Crippen molar-refractivity contribution in [3.63, 3.8) is 0 Å². The van der Waals surface area contributed by atoms with E-state index in [2.05, 4.69) is 15.6 Å². The van der Waals surface area contributed by atoms with Gasteiger partial charge in [-0.05, 0) is 55.8 Å². The molecule has 2 aromatic heterocycles. The highest BCUT2D eigenvalue weighted by Crippen LogP contribution is 2.40. The van der Waals surface area contributed by atoms with Crippen LogP contribution in [0.15, 0.2) is 78.3 Å². The van der Waals surface area contributed by atoms with E-state index in [-0.39, 0.29) is 5.91 Å². The van der Waals surface area contributed by atoms with Gasteiger partial charge in [-0.3, -0.25) is 9.78 Å². The van der Waals surface area contributed by atoms with Crippen LogP contribution in [0.5, 0.6) is 17.2 Å². The highest BCUT2D eigenvalue weighted by Gasteiger charge is 2.35. The maximum absolute atomic E-state index is 14.0. The van der Waals surface area contributed by atoms with Crippen molar-refractivity contribution in [1.82, 2.24) is 19.7 Å². The topological polar surface area (TPSA) is 112 Å². The number of carbonyl (C=O) groups is 1. The third-order valence-corrected chi connectivity index (χ3v) is 6.54. The van der Waals surface area contributed by atoms with Gasteiger partial charge in [0.1, 0.15) is 11.8 Å². The maximum Gasteiger partial charge on any atom is 0.255 e. The second kappa shape index (κ2) is 10.5. The van der Waals surface area contributed by atoms with Crippen LogP contribution < -0.4 is 24.8 Å². The Bertz CT molecular complexity index is 1550. The van der Waals surface area contributed by atoms with Crippen molar-refractivity contribution < 1.29 is 19.0 Å². The fourth-order valence-electron chi connectivity index (χ4n) is 4.76. The van der Waals surface area contributed by atoms with E-state index in [4.69, 9.17) is 24.3 Å². The minimum atomic E-state index is -0.587. The first-order chi connectivity index (χ1) is 19.1. The fourth-order valence-corrected chi connectivity index (χ4v) is 4.76. The Hall–Kier alpha value is -4.86. The summed E-state index contributed by atoms with van der Waals surface area (Å²) in [5, 5.41) is 11.1. The smallest absolute Gasteiger partial charge is 0.255 e. The SMILES string of the molecule is CCOc1ccccc1NC(=O)C1=C(C)Nc2nc(-c3cccnc3)nn2C1c1ccc2c(c1)OCCCO2. The summed E-state index contributed by atoms with van der Waals surface area (Å²) < 4.78 is 19.3. The number of carbonyl (C=O) groups excluding carboxylic acids is 1. The van der Waals surface area contributed by atoms with Gasteiger partial charge in [-0.1, -0.05) is 18.2 Å². The molecule has 0 saturated carbocycles. The molecule has 2 aromatic carbocycles. The summed E-state index contributed by atoms with van der Waals surface area (Å²) in [5.41, 5.74) is 3.32.